The lowest BCUT2D eigenvalue weighted by atomic mass is 10.0. The summed E-state index contributed by atoms with van der Waals surface area (Å²) in [6, 6.07) is 10.5. The van der Waals surface area contributed by atoms with Gasteiger partial charge in [0.1, 0.15) is 11.5 Å². The Kier molecular flexibility index (Phi) is 5.07. The minimum atomic E-state index is -0.151. The third kappa shape index (κ3) is 3.84. The first-order valence-electron chi connectivity index (χ1n) is 8.54. The summed E-state index contributed by atoms with van der Waals surface area (Å²) < 4.78 is 5.74. The van der Waals surface area contributed by atoms with Crippen LogP contribution in [-0.2, 0) is 0 Å². The first-order valence-corrected chi connectivity index (χ1v) is 8.54. The normalized spacial score (nSPS) is 17.2. The van der Waals surface area contributed by atoms with E-state index in [9.17, 15) is 9.59 Å². The minimum Gasteiger partial charge on any atom is -0.464 e. The summed E-state index contributed by atoms with van der Waals surface area (Å²) in [6.07, 6.45) is 2.96. The maximum Gasteiger partial charge on any atom is 0.322 e. The Morgan fingerprint density at radius 1 is 1.12 bits per heavy atom. The van der Waals surface area contributed by atoms with Crippen LogP contribution in [0.1, 0.15) is 47.2 Å². The van der Waals surface area contributed by atoms with Crippen molar-refractivity contribution in [1.82, 2.24) is 10.2 Å². The Morgan fingerprint density at radius 3 is 2.52 bits per heavy atom. The van der Waals surface area contributed by atoms with Crippen molar-refractivity contribution in [3.63, 3.8) is 0 Å². The van der Waals surface area contributed by atoms with E-state index in [2.05, 4.69) is 10.6 Å². The zero-order valence-corrected chi connectivity index (χ0v) is 14.5. The number of rotatable bonds is 3. The molecule has 1 aliphatic rings. The van der Waals surface area contributed by atoms with Gasteiger partial charge in [-0.3, -0.25) is 4.79 Å². The molecular formula is C19H23N3O3. The van der Waals surface area contributed by atoms with Gasteiger partial charge in [0.25, 0.3) is 5.91 Å². The lowest BCUT2D eigenvalue weighted by molar-refractivity contribution is 0.0963. The van der Waals surface area contributed by atoms with Gasteiger partial charge in [0.05, 0.1) is 6.04 Å². The highest BCUT2D eigenvalue weighted by Crippen LogP contribution is 2.32. The van der Waals surface area contributed by atoms with Crippen LogP contribution in [-0.4, -0.2) is 30.4 Å². The van der Waals surface area contributed by atoms with Crippen LogP contribution in [0.15, 0.2) is 40.8 Å². The molecule has 1 atom stereocenters. The molecule has 132 valence electrons. The molecule has 0 spiro atoms. The van der Waals surface area contributed by atoms with Gasteiger partial charge in [0.2, 0.25) is 0 Å². The second kappa shape index (κ2) is 7.42. The third-order valence-electron chi connectivity index (χ3n) is 4.48. The fourth-order valence-corrected chi connectivity index (χ4v) is 3.15. The summed E-state index contributed by atoms with van der Waals surface area (Å²) in [7, 11) is 1.59. The van der Waals surface area contributed by atoms with Crippen molar-refractivity contribution in [1.29, 1.82) is 0 Å². The van der Waals surface area contributed by atoms with E-state index in [0.29, 0.717) is 17.8 Å². The molecule has 1 fully saturated rings. The van der Waals surface area contributed by atoms with Crippen molar-refractivity contribution in [3.05, 3.63) is 53.5 Å². The van der Waals surface area contributed by atoms with Gasteiger partial charge in [-0.15, -0.1) is 0 Å². The number of nitrogens with one attached hydrogen (secondary N) is 2. The third-order valence-corrected chi connectivity index (χ3v) is 4.48. The highest BCUT2D eigenvalue weighted by Gasteiger charge is 2.30. The number of carbonyl (C=O) groups excluding carboxylic acids is 2. The van der Waals surface area contributed by atoms with Crippen LogP contribution >= 0.6 is 0 Å². The molecule has 6 heteroatoms. The molecule has 1 aromatic carbocycles. The van der Waals surface area contributed by atoms with E-state index < -0.39 is 0 Å². The Balaban J connectivity index is 1.71. The maximum absolute atomic E-state index is 12.7. The first-order chi connectivity index (χ1) is 12.1. The number of benzene rings is 1. The monoisotopic (exact) mass is 341 g/mol. The van der Waals surface area contributed by atoms with Gasteiger partial charge in [-0.05, 0) is 62.6 Å². The van der Waals surface area contributed by atoms with Gasteiger partial charge in [0.15, 0.2) is 0 Å². The van der Waals surface area contributed by atoms with E-state index >= 15 is 0 Å². The molecule has 3 amide bonds. The summed E-state index contributed by atoms with van der Waals surface area (Å²) >= 11 is 0. The average Bonchev–Trinajstić information content (AvgIpc) is 3.08. The van der Waals surface area contributed by atoms with Crippen molar-refractivity contribution in [2.24, 2.45) is 0 Å². The number of nitrogens with zero attached hydrogens (tertiary/aromatic N) is 1. The second-order valence-corrected chi connectivity index (χ2v) is 6.24. The molecule has 0 aliphatic carbocycles. The molecule has 2 aromatic rings. The fourth-order valence-electron chi connectivity index (χ4n) is 3.15. The quantitative estimate of drug-likeness (QED) is 0.894. The van der Waals surface area contributed by atoms with Gasteiger partial charge in [-0.1, -0.05) is 0 Å². The highest BCUT2D eigenvalue weighted by molar-refractivity contribution is 5.95. The lowest BCUT2D eigenvalue weighted by Crippen LogP contribution is -2.41. The number of furan rings is 1. The van der Waals surface area contributed by atoms with E-state index in [0.717, 1.165) is 30.8 Å². The predicted molar refractivity (Wildman–Crippen MR) is 95.6 cm³/mol. The van der Waals surface area contributed by atoms with E-state index in [1.54, 1.807) is 31.3 Å². The molecule has 2 N–H and O–H groups in total. The lowest BCUT2D eigenvalue weighted by Gasteiger charge is -2.34. The molecule has 6 nitrogen and oxygen atoms in total. The molecule has 0 bridgehead atoms. The molecule has 1 saturated heterocycles. The largest absolute Gasteiger partial charge is 0.464 e. The highest BCUT2D eigenvalue weighted by atomic mass is 16.3. The molecule has 1 aliphatic heterocycles. The number of anilines is 1. The zero-order valence-electron chi connectivity index (χ0n) is 14.5. The Labute approximate surface area is 147 Å². The summed E-state index contributed by atoms with van der Waals surface area (Å²) in [4.78, 5) is 26.1. The molecular weight excluding hydrogens is 318 g/mol. The van der Waals surface area contributed by atoms with Gasteiger partial charge in [-0.25, -0.2) is 4.79 Å². The van der Waals surface area contributed by atoms with Gasteiger partial charge >= 0.3 is 6.03 Å². The van der Waals surface area contributed by atoms with E-state index in [1.807, 2.05) is 24.0 Å². The number of urea groups is 1. The van der Waals surface area contributed by atoms with Gasteiger partial charge in [-0.2, -0.15) is 0 Å². The second-order valence-electron chi connectivity index (χ2n) is 6.24. The zero-order chi connectivity index (χ0) is 17.8. The van der Waals surface area contributed by atoms with E-state index in [-0.39, 0.29) is 18.0 Å². The predicted octanol–water partition coefficient (Wildman–Crippen LogP) is 3.71. The summed E-state index contributed by atoms with van der Waals surface area (Å²) in [5.41, 5.74) is 1.22. The standard InChI is InChI=1S/C19H23N3O3/c1-13-6-11-17(25-13)16-5-3-4-12-22(16)19(24)21-15-9-7-14(8-10-15)18(23)20-2/h6-11,16H,3-5,12H2,1-2H3,(H,20,23)(H,21,24)/t16-/m1/s1. The Bertz CT molecular complexity index is 752. The van der Waals surface area contributed by atoms with E-state index in [1.165, 1.54) is 0 Å². The molecule has 3 rings (SSSR count). The van der Waals surface area contributed by atoms with Crippen LogP contribution < -0.4 is 10.6 Å². The summed E-state index contributed by atoms with van der Waals surface area (Å²) in [5, 5.41) is 5.49. The number of hydrogen-bond acceptors (Lipinski definition) is 3. The van der Waals surface area contributed by atoms with Gasteiger partial charge < -0.3 is 20.0 Å². The van der Waals surface area contributed by atoms with Gasteiger partial charge in [0, 0.05) is 24.8 Å². The average molecular weight is 341 g/mol. The van der Waals surface area contributed by atoms with Crippen LogP contribution in [0.2, 0.25) is 0 Å². The van der Waals surface area contributed by atoms with Crippen molar-refractivity contribution in [2.75, 3.05) is 18.9 Å². The number of aryl methyl sites for hydroxylation is 1. The molecule has 0 unspecified atom stereocenters. The van der Waals surface area contributed by atoms with E-state index in [4.69, 9.17) is 4.42 Å². The topological polar surface area (TPSA) is 74.6 Å². The number of likely N-dealkylation sites (tertiary alicyclic amines) is 1. The van der Waals surface area contributed by atoms with Crippen molar-refractivity contribution >= 4 is 17.6 Å². The Morgan fingerprint density at radius 2 is 1.88 bits per heavy atom. The Hall–Kier alpha value is -2.76. The number of piperidine rings is 1. The fraction of sp³-hybridized carbons (Fsp3) is 0.368. The van der Waals surface area contributed by atoms with Crippen LogP contribution in [0.4, 0.5) is 10.5 Å². The summed E-state index contributed by atoms with van der Waals surface area (Å²) in [5.74, 6) is 1.54. The number of amides is 3. The SMILES string of the molecule is CNC(=O)c1ccc(NC(=O)N2CCCC[C@@H]2c2ccc(C)o2)cc1. The van der Waals surface area contributed by atoms with Crippen molar-refractivity contribution in [2.45, 2.75) is 32.2 Å². The van der Waals surface area contributed by atoms with Crippen LogP contribution in [0.5, 0.6) is 0 Å². The molecule has 25 heavy (non-hydrogen) atoms. The minimum absolute atomic E-state index is 0.0346. The maximum atomic E-state index is 12.7. The van der Waals surface area contributed by atoms with Crippen LogP contribution in [0, 0.1) is 6.92 Å². The molecule has 2 heterocycles. The number of carbonyl (C=O) groups is 2. The van der Waals surface area contributed by atoms with Crippen LogP contribution in [0.25, 0.3) is 0 Å². The molecule has 0 saturated carbocycles. The smallest absolute Gasteiger partial charge is 0.322 e. The number of hydrogen-bond donors (Lipinski definition) is 2. The van der Waals surface area contributed by atoms with Crippen molar-refractivity contribution < 1.29 is 14.0 Å². The van der Waals surface area contributed by atoms with Crippen LogP contribution in [0.3, 0.4) is 0 Å². The molecule has 1 aromatic heterocycles. The van der Waals surface area contributed by atoms with Crippen molar-refractivity contribution in [3.8, 4) is 0 Å². The molecule has 0 radical (unpaired) electrons. The first kappa shape index (κ1) is 17.1. The summed E-state index contributed by atoms with van der Waals surface area (Å²) in [6.45, 7) is 2.61.